The van der Waals surface area contributed by atoms with Crippen LogP contribution in [0.25, 0.3) is 11.3 Å². The maximum Gasteiger partial charge on any atom is 0.133 e. The van der Waals surface area contributed by atoms with Crippen LogP contribution in [-0.4, -0.2) is 16.5 Å². The van der Waals surface area contributed by atoms with Crippen molar-refractivity contribution in [2.45, 2.75) is 47.0 Å². The number of hydrogen-bond acceptors (Lipinski definition) is 3. The van der Waals surface area contributed by atoms with E-state index in [1.807, 2.05) is 0 Å². The minimum Gasteiger partial charge on any atom is -0.370 e. The van der Waals surface area contributed by atoms with Crippen LogP contribution in [0.15, 0.2) is 24.5 Å². The Morgan fingerprint density at radius 3 is 2.48 bits per heavy atom. The minimum absolute atomic E-state index is 0.377. The summed E-state index contributed by atoms with van der Waals surface area (Å²) in [7, 11) is 0. The normalized spacial score (nSPS) is 11.0. The molecule has 0 amide bonds. The van der Waals surface area contributed by atoms with Crippen molar-refractivity contribution in [3.05, 3.63) is 41.2 Å². The van der Waals surface area contributed by atoms with Crippen LogP contribution < -0.4 is 5.32 Å². The molecule has 3 nitrogen and oxygen atoms in total. The molecule has 0 fully saturated rings. The minimum atomic E-state index is 0.377. The van der Waals surface area contributed by atoms with Crippen molar-refractivity contribution < 1.29 is 0 Å². The fourth-order valence-corrected chi connectivity index (χ4v) is 2.45. The van der Waals surface area contributed by atoms with Gasteiger partial charge in [-0.3, -0.25) is 0 Å². The smallest absolute Gasteiger partial charge is 0.133 e. The summed E-state index contributed by atoms with van der Waals surface area (Å²) in [6.45, 7) is 11.8. The second-order valence-electron chi connectivity index (χ2n) is 5.87. The summed E-state index contributed by atoms with van der Waals surface area (Å²) < 4.78 is 0. The fraction of sp³-hybridized carbons (Fsp3) is 0.444. The summed E-state index contributed by atoms with van der Waals surface area (Å²) in [6, 6.07) is 6.53. The molecule has 2 rings (SSSR count). The molecule has 3 heteroatoms. The molecule has 0 unspecified atom stereocenters. The third-order valence-corrected chi connectivity index (χ3v) is 3.78. The zero-order chi connectivity index (χ0) is 15.4. The topological polar surface area (TPSA) is 37.8 Å². The van der Waals surface area contributed by atoms with Crippen molar-refractivity contribution in [3.63, 3.8) is 0 Å². The average molecular weight is 283 g/mol. The molecule has 1 N–H and O–H groups in total. The van der Waals surface area contributed by atoms with Crippen molar-refractivity contribution in [1.82, 2.24) is 9.97 Å². The first-order chi connectivity index (χ1) is 10.0. The second-order valence-corrected chi connectivity index (χ2v) is 5.87. The largest absolute Gasteiger partial charge is 0.370 e. The Morgan fingerprint density at radius 1 is 1.10 bits per heavy atom. The highest BCUT2D eigenvalue weighted by atomic mass is 15.0. The molecule has 0 bridgehead atoms. The van der Waals surface area contributed by atoms with Crippen molar-refractivity contribution in [2.75, 3.05) is 11.9 Å². The predicted molar refractivity (Wildman–Crippen MR) is 89.8 cm³/mol. The summed E-state index contributed by atoms with van der Waals surface area (Å²) in [4.78, 5) is 9.00. The molecular weight excluding hydrogens is 258 g/mol. The highest BCUT2D eigenvalue weighted by molar-refractivity contribution is 5.70. The van der Waals surface area contributed by atoms with Crippen LogP contribution in [0, 0.1) is 13.8 Å². The molecule has 1 heterocycles. The van der Waals surface area contributed by atoms with Gasteiger partial charge in [-0.05, 0) is 43.4 Å². The Labute approximate surface area is 127 Å². The first-order valence-corrected chi connectivity index (χ1v) is 7.71. The summed E-state index contributed by atoms with van der Waals surface area (Å²) >= 11 is 0. The van der Waals surface area contributed by atoms with Crippen LogP contribution in [0.1, 0.15) is 49.8 Å². The quantitative estimate of drug-likeness (QED) is 0.863. The van der Waals surface area contributed by atoms with Crippen LogP contribution in [0.3, 0.4) is 0 Å². The van der Waals surface area contributed by atoms with Gasteiger partial charge in [0.15, 0.2) is 0 Å². The maximum absolute atomic E-state index is 4.56. The Hall–Kier alpha value is -1.90. The van der Waals surface area contributed by atoms with Gasteiger partial charge in [0.05, 0.1) is 5.69 Å². The molecule has 112 valence electrons. The number of benzene rings is 1. The number of aromatic nitrogens is 2. The van der Waals surface area contributed by atoms with Gasteiger partial charge in [0.2, 0.25) is 0 Å². The van der Waals surface area contributed by atoms with E-state index in [9.17, 15) is 0 Å². The Morgan fingerprint density at radius 2 is 1.86 bits per heavy atom. The van der Waals surface area contributed by atoms with Gasteiger partial charge in [-0.1, -0.05) is 32.9 Å². The molecular formula is C18H25N3. The van der Waals surface area contributed by atoms with E-state index in [1.54, 1.807) is 6.33 Å². The van der Waals surface area contributed by atoms with E-state index < -0.39 is 0 Å². The number of aryl methyl sites for hydroxylation is 2. The Balaban J connectivity index is 2.54. The molecule has 1 aromatic carbocycles. The molecule has 0 aliphatic carbocycles. The van der Waals surface area contributed by atoms with Crippen LogP contribution in [0.5, 0.6) is 0 Å². The highest BCUT2D eigenvalue weighted by Crippen LogP contribution is 2.32. The predicted octanol–water partition coefficient (Wildman–Crippen LogP) is 4.71. The number of nitrogens with zero attached hydrogens (tertiary/aromatic N) is 2. The van der Waals surface area contributed by atoms with Gasteiger partial charge in [-0.15, -0.1) is 0 Å². The first-order valence-electron chi connectivity index (χ1n) is 7.71. The van der Waals surface area contributed by atoms with Crippen molar-refractivity contribution in [3.8, 4) is 11.3 Å². The Bertz CT molecular complexity index is 618. The number of hydrogen-bond donors (Lipinski definition) is 1. The lowest BCUT2D eigenvalue weighted by molar-refractivity contribution is 0.844. The maximum atomic E-state index is 4.56. The van der Waals surface area contributed by atoms with Crippen LogP contribution >= 0.6 is 0 Å². The zero-order valence-electron chi connectivity index (χ0n) is 13.7. The number of nitrogens with one attached hydrogen (secondary N) is 1. The molecule has 1 aromatic heterocycles. The van der Waals surface area contributed by atoms with Gasteiger partial charge in [0.1, 0.15) is 12.1 Å². The summed E-state index contributed by atoms with van der Waals surface area (Å²) in [6.07, 6.45) is 2.74. The average Bonchev–Trinajstić information content (AvgIpc) is 2.47. The molecule has 0 aliphatic rings. The molecule has 0 spiro atoms. The molecule has 0 saturated carbocycles. The van der Waals surface area contributed by atoms with Gasteiger partial charge >= 0.3 is 0 Å². The van der Waals surface area contributed by atoms with Crippen molar-refractivity contribution in [1.29, 1.82) is 0 Å². The van der Waals surface area contributed by atoms with Gasteiger partial charge in [-0.25, -0.2) is 9.97 Å². The van der Waals surface area contributed by atoms with Crippen LogP contribution in [-0.2, 0) is 0 Å². The zero-order valence-corrected chi connectivity index (χ0v) is 13.7. The summed E-state index contributed by atoms with van der Waals surface area (Å²) in [5, 5.41) is 3.43. The molecule has 21 heavy (non-hydrogen) atoms. The Kier molecular flexibility index (Phi) is 4.94. The number of anilines is 1. The lowest BCUT2D eigenvalue weighted by Gasteiger charge is -2.17. The summed E-state index contributed by atoms with van der Waals surface area (Å²) in [5.41, 5.74) is 6.02. The standard InChI is InChI=1S/C18H25N3/c1-6-9-19-18-16(12(2)3)17(20-11-21-18)15-8-7-13(4)14(5)10-15/h7-8,10-12H,6,9H2,1-5H3,(H,19,20,21). The van der Waals surface area contributed by atoms with E-state index >= 15 is 0 Å². The van der Waals surface area contributed by atoms with E-state index in [0.29, 0.717) is 5.92 Å². The lowest BCUT2D eigenvalue weighted by atomic mass is 9.95. The van der Waals surface area contributed by atoms with E-state index in [-0.39, 0.29) is 0 Å². The van der Waals surface area contributed by atoms with Crippen LogP contribution in [0.4, 0.5) is 5.82 Å². The second kappa shape index (κ2) is 6.70. The van der Waals surface area contributed by atoms with Gasteiger partial charge in [0.25, 0.3) is 0 Å². The molecule has 2 aromatic rings. The number of rotatable bonds is 5. The molecule has 0 atom stereocenters. The van der Waals surface area contributed by atoms with E-state index in [0.717, 1.165) is 24.5 Å². The molecule has 0 saturated heterocycles. The van der Waals surface area contributed by atoms with Crippen molar-refractivity contribution in [2.24, 2.45) is 0 Å². The van der Waals surface area contributed by atoms with Crippen LogP contribution in [0.2, 0.25) is 0 Å². The SMILES string of the molecule is CCCNc1ncnc(-c2ccc(C)c(C)c2)c1C(C)C. The fourth-order valence-electron chi connectivity index (χ4n) is 2.45. The highest BCUT2D eigenvalue weighted by Gasteiger charge is 2.16. The van der Waals surface area contributed by atoms with E-state index in [2.05, 4.69) is 68.1 Å². The van der Waals surface area contributed by atoms with Gasteiger partial charge < -0.3 is 5.32 Å². The van der Waals surface area contributed by atoms with Crippen molar-refractivity contribution >= 4 is 5.82 Å². The van der Waals surface area contributed by atoms with E-state index in [1.165, 1.54) is 22.3 Å². The third-order valence-electron chi connectivity index (χ3n) is 3.78. The van der Waals surface area contributed by atoms with Gasteiger partial charge in [-0.2, -0.15) is 0 Å². The third kappa shape index (κ3) is 3.41. The van der Waals surface area contributed by atoms with Gasteiger partial charge in [0, 0.05) is 17.7 Å². The molecule has 0 radical (unpaired) electrons. The van der Waals surface area contributed by atoms with E-state index in [4.69, 9.17) is 0 Å². The summed E-state index contributed by atoms with van der Waals surface area (Å²) in [5.74, 6) is 1.34. The molecule has 0 aliphatic heterocycles. The monoisotopic (exact) mass is 283 g/mol. The first kappa shape index (κ1) is 15.5. The lowest BCUT2D eigenvalue weighted by Crippen LogP contribution is -2.09.